The van der Waals surface area contributed by atoms with E-state index in [4.69, 9.17) is 14.2 Å². The second kappa shape index (κ2) is 5.83. The number of hydrogen-bond donors (Lipinski definition) is 1. The van der Waals surface area contributed by atoms with Gasteiger partial charge in [-0.15, -0.1) is 0 Å². The standard InChI is InChI=1S/C18H25NO4/c1-18(2)22-16-15(20)14(21-17(16)23-18)11-19-10-6-9-13(19)12-7-4-3-5-8-12/h3-5,7-8,13-17,20H,6,9-11H2,1-2H3/t13-,14+,15+,16?,17+/m0/s1. The van der Waals surface area contributed by atoms with Crippen molar-refractivity contribution in [1.29, 1.82) is 0 Å². The van der Waals surface area contributed by atoms with Crippen molar-refractivity contribution in [2.75, 3.05) is 13.1 Å². The van der Waals surface area contributed by atoms with Crippen molar-refractivity contribution in [3.8, 4) is 0 Å². The third-order valence-electron chi connectivity index (χ3n) is 5.08. The van der Waals surface area contributed by atoms with E-state index in [0.717, 1.165) is 13.0 Å². The van der Waals surface area contributed by atoms with Crippen LogP contribution in [0.3, 0.4) is 0 Å². The van der Waals surface area contributed by atoms with Gasteiger partial charge in [-0.25, -0.2) is 0 Å². The molecule has 4 rings (SSSR count). The molecule has 0 aliphatic carbocycles. The minimum atomic E-state index is -0.679. The average Bonchev–Trinajstić information content (AvgIpc) is 3.17. The Bertz CT molecular complexity index is 549. The Hall–Kier alpha value is -0.980. The summed E-state index contributed by atoms with van der Waals surface area (Å²) in [5, 5.41) is 10.6. The van der Waals surface area contributed by atoms with Crippen LogP contribution in [0.2, 0.25) is 0 Å². The Labute approximate surface area is 137 Å². The normalized spacial score (nSPS) is 39.7. The SMILES string of the molecule is CC1(C)OC2[C@H](O[C@H](CN3CCC[C@H]3c3ccccc3)[C@H]2O)O1. The van der Waals surface area contributed by atoms with Crippen LogP contribution in [0.4, 0.5) is 0 Å². The van der Waals surface area contributed by atoms with E-state index >= 15 is 0 Å². The fourth-order valence-electron chi connectivity index (χ4n) is 4.04. The van der Waals surface area contributed by atoms with Crippen LogP contribution in [-0.4, -0.2) is 53.5 Å². The van der Waals surface area contributed by atoms with E-state index in [1.54, 1.807) is 0 Å². The number of benzene rings is 1. The first-order valence-electron chi connectivity index (χ1n) is 8.52. The summed E-state index contributed by atoms with van der Waals surface area (Å²) in [5.41, 5.74) is 1.34. The van der Waals surface area contributed by atoms with Gasteiger partial charge >= 0.3 is 0 Å². The van der Waals surface area contributed by atoms with Crippen LogP contribution in [0.25, 0.3) is 0 Å². The van der Waals surface area contributed by atoms with Crippen molar-refractivity contribution in [3.63, 3.8) is 0 Å². The van der Waals surface area contributed by atoms with Crippen molar-refractivity contribution in [3.05, 3.63) is 35.9 Å². The molecule has 3 aliphatic rings. The monoisotopic (exact) mass is 319 g/mol. The zero-order chi connectivity index (χ0) is 16.0. The number of aliphatic hydroxyl groups excluding tert-OH is 1. The van der Waals surface area contributed by atoms with E-state index < -0.39 is 18.2 Å². The van der Waals surface area contributed by atoms with Gasteiger partial charge in [-0.1, -0.05) is 30.3 Å². The maximum Gasteiger partial charge on any atom is 0.190 e. The number of likely N-dealkylation sites (tertiary alicyclic amines) is 1. The lowest BCUT2D eigenvalue weighted by molar-refractivity contribution is -0.216. The summed E-state index contributed by atoms with van der Waals surface area (Å²) < 4.78 is 17.4. The van der Waals surface area contributed by atoms with Crippen LogP contribution in [0, 0.1) is 0 Å². The molecule has 0 spiro atoms. The van der Waals surface area contributed by atoms with Gasteiger partial charge < -0.3 is 19.3 Å². The van der Waals surface area contributed by atoms with Crippen molar-refractivity contribution >= 4 is 0 Å². The third kappa shape index (κ3) is 2.92. The molecule has 23 heavy (non-hydrogen) atoms. The molecule has 3 heterocycles. The summed E-state index contributed by atoms with van der Waals surface area (Å²) in [7, 11) is 0. The molecule has 5 atom stereocenters. The summed E-state index contributed by atoms with van der Waals surface area (Å²) in [5.74, 6) is -0.679. The van der Waals surface area contributed by atoms with Crippen molar-refractivity contribution in [2.45, 2.75) is 63.1 Å². The molecule has 1 aromatic rings. The number of nitrogens with zero attached hydrogens (tertiary/aromatic N) is 1. The predicted molar refractivity (Wildman–Crippen MR) is 84.7 cm³/mol. The molecular weight excluding hydrogens is 294 g/mol. The molecule has 0 amide bonds. The van der Waals surface area contributed by atoms with Gasteiger partial charge in [0.1, 0.15) is 18.3 Å². The van der Waals surface area contributed by atoms with Crippen molar-refractivity contribution in [2.24, 2.45) is 0 Å². The Morgan fingerprint density at radius 3 is 2.74 bits per heavy atom. The number of ether oxygens (including phenoxy) is 3. The van der Waals surface area contributed by atoms with E-state index in [1.807, 2.05) is 19.9 Å². The summed E-state index contributed by atoms with van der Waals surface area (Å²) in [4.78, 5) is 2.41. The summed E-state index contributed by atoms with van der Waals surface area (Å²) in [6, 6.07) is 11.0. The van der Waals surface area contributed by atoms with Gasteiger partial charge in [0.25, 0.3) is 0 Å². The zero-order valence-corrected chi connectivity index (χ0v) is 13.7. The van der Waals surface area contributed by atoms with E-state index in [9.17, 15) is 5.11 Å². The first-order chi connectivity index (χ1) is 11.0. The topological polar surface area (TPSA) is 51.2 Å². The molecule has 126 valence electrons. The molecule has 3 aliphatic heterocycles. The zero-order valence-electron chi connectivity index (χ0n) is 13.7. The van der Waals surface area contributed by atoms with Crippen molar-refractivity contribution < 1.29 is 19.3 Å². The predicted octanol–water partition coefficient (Wildman–Crippen LogP) is 2.06. The molecule has 1 unspecified atom stereocenters. The van der Waals surface area contributed by atoms with Gasteiger partial charge in [0.05, 0.1) is 0 Å². The Kier molecular flexibility index (Phi) is 3.94. The van der Waals surface area contributed by atoms with Gasteiger partial charge in [-0.3, -0.25) is 4.90 Å². The van der Waals surface area contributed by atoms with Crippen LogP contribution < -0.4 is 0 Å². The Balaban J connectivity index is 1.43. The van der Waals surface area contributed by atoms with E-state index in [1.165, 1.54) is 12.0 Å². The number of aliphatic hydroxyl groups is 1. The minimum Gasteiger partial charge on any atom is -0.387 e. The van der Waals surface area contributed by atoms with Gasteiger partial charge in [0, 0.05) is 12.6 Å². The molecule has 0 aromatic heterocycles. The molecule has 0 saturated carbocycles. The molecule has 5 heteroatoms. The molecule has 5 nitrogen and oxygen atoms in total. The molecule has 1 N–H and O–H groups in total. The lowest BCUT2D eigenvalue weighted by atomic mass is 10.0. The minimum absolute atomic E-state index is 0.259. The van der Waals surface area contributed by atoms with E-state index in [-0.39, 0.29) is 12.2 Å². The quantitative estimate of drug-likeness (QED) is 0.924. The summed E-state index contributed by atoms with van der Waals surface area (Å²) in [6.07, 6.45) is 0.592. The first kappa shape index (κ1) is 15.5. The number of fused-ring (bicyclic) bond motifs is 1. The molecule has 0 radical (unpaired) electrons. The maximum atomic E-state index is 10.6. The fraction of sp³-hybridized carbons (Fsp3) is 0.667. The lowest BCUT2D eigenvalue weighted by Crippen LogP contribution is -2.41. The van der Waals surface area contributed by atoms with E-state index in [0.29, 0.717) is 12.6 Å². The summed E-state index contributed by atoms with van der Waals surface area (Å²) in [6.45, 7) is 5.44. The van der Waals surface area contributed by atoms with Gasteiger partial charge in [-0.2, -0.15) is 0 Å². The van der Waals surface area contributed by atoms with Crippen LogP contribution in [0.1, 0.15) is 38.3 Å². The molecular formula is C18H25NO4. The van der Waals surface area contributed by atoms with E-state index in [2.05, 4.69) is 29.2 Å². The smallest absolute Gasteiger partial charge is 0.190 e. The molecule has 3 saturated heterocycles. The highest BCUT2D eigenvalue weighted by atomic mass is 16.8. The van der Waals surface area contributed by atoms with Gasteiger partial charge in [0.2, 0.25) is 0 Å². The fourth-order valence-corrected chi connectivity index (χ4v) is 4.04. The second-order valence-electron chi connectivity index (χ2n) is 7.20. The Morgan fingerprint density at radius 2 is 2.00 bits per heavy atom. The first-order valence-corrected chi connectivity index (χ1v) is 8.52. The second-order valence-corrected chi connectivity index (χ2v) is 7.20. The van der Waals surface area contributed by atoms with Crippen LogP contribution in [-0.2, 0) is 14.2 Å². The number of rotatable bonds is 3. The van der Waals surface area contributed by atoms with Crippen LogP contribution in [0.15, 0.2) is 30.3 Å². The number of hydrogen-bond acceptors (Lipinski definition) is 5. The van der Waals surface area contributed by atoms with Gasteiger partial charge in [0.15, 0.2) is 12.1 Å². The summed E-state index contributed by atoms with van der Waals surface area (Å²) >= 11 is 0. The van der Waals surface area contributed by atoms with Crippen LogP contribution in [0.5, 0.6) is 0 Å². The van der Waals surface area contributed by atoms with Crippen LogP contribution >= 0.6 is 0 Å². The highest BCUT2D eigenvalue weighted by molar-refractivity contribution is 5.20. The Morgan fingerprint density at radius 1 is 1.22 bits per heavy atom. The largest absolute Gasteiger partial charge is 0.387 e. The van der Waals surface area contributed by atoms with Crippen molar-refractivity contribution in [1.82, 2.24) is 4.90 Å². The lowest BCUT2D eigenvalue weighted by Gasteiger charge is -2.30. The molecule has 1 aromatic carbocycles. The highest BCUT2D eigenvalue weighted by Crippen LogP contribution is 2.39. The third-order valence-corrected chi connectivity index (χ3v) is 5.08. The van der Waals surface area contributed by atoms with Gasteiger partial charge in [-0.05, 0) is 38.8 Å². The highest BCUT2D eigenvalue weighted by Gasteiger charge is 2.54. The average molecular weight is 319 g/mol. The maximum absolute atomic E-state index is 10.6. The molecule has 3 fully saturated rings. The molecule has 0 bridgehead atoms.